The van der Waals surface area contributed by atoms with E-state index < -0.39 is 0 Å². The van der Waals surface area contributed by atoms with Crippen LogP contribution in [0.4, 0.5) is 0 Å². The van der Waals surface area contributed by atoms with Crippen LogP contribution in [0.15, 0.2) is 0 Å². The summed E-state index contributed by atoms with van der Waals surface area (Å²) in [5.41, 5.74) is 0. The van der Waals surface area contributed by atoms with Crippen molar-refractivity contribution in [1.29, 1.82) is 0 Å². The van der Waals surface area contributed by atoms with Crippen molar-refractivity contribution in [3.8, 4) is 0 Å². The van der Waals surface area contributed by atoms with Crippen LogP contribution in [0.3, 0.4) is 0 Å². The summed E-state index contributed by atoms with van der Waals surface area (Å²) in [7, 11) is 0. The van der Waals surface area contributed by atoms with E-state index in [4.69, 9.17) is 4.74 Å². The molecule has 0 aromatic rings. The van der Waals surface area contributed by atoms with Crippen LogP contribution in [0.5, 0.6) is 0 Å². The van der Waals surface area contributed by atoms with Crippen molar-refractivity contribution < 1.29 is 4.74 Å². The van der Waals surface area contributed by atoms with E-state index in [1.165, 1.54) is 38.9 Å². The molecule has 2 saturated heterocycles. The van der Waals surface area contributed by atoms with Gasteiger partial charge in [-0.2, -0.15) is 0 Å². The van der Waals surface area contributed by atoms with Crippen molar-refractivity contribution >= 4 is 0 Å². The molecule has 4 atom stereocenters. The van der Waals surface area contributed by atoms with Gasteiger partial charge in [-0.1, -0.05) is 13.8 Å². The first-order chi connectivity index (χ1) is 9.24. The quantitative estimate of drug-likeness (QED) is 0.801. The molecular weight excluding hydrogens is 236 g/mol. The zero-order valence-corrected chi connectivity index (χ0v) is 13.0. The van der Waals surface area contributed by atoms with Crippen LogP contribution in [0.25, 0.3) is 0 Å². The Morgan fingerprint density at radius 1 is 1.32 bits per heavy atom. The van der Waals surface area contributed by atoms with Crippen LogP contribution in [0.2, 0.25) is 0 Å². The van der Waals surface area contributed by atoms with Gasteiger partial charge in [-0.3, -0.25) is 0 Å². The van der Waals surface area contributed by atoms with E-state index in [2.05, 4.69) is 31.0 Å². The number of hydrogen-bond acceptors (Lipinski definition) is 3. The van der Waals surface area contributed by atoms with E-state index in [-0.39, 0.29) is 0 Å². The van der Waals surface area contributed by atoms with Crippen molar-refractivity contribution in [3.63, 3.8) is 0 Å². The summed E-state index contributed by atoms with van der Waals surface area (Å²) in [6.45, 7) is 12.8. The Labute approximate surface area is 119 Å². The van der Waals surface area contributed by atoms with Crippen LogP contribution < -0.4 is 5.32 Å². The van der Waals surface area contributed by atoms with Crippen LogP contribution in [-0.2, 0) is 4.74 Å². The molecule has 0 aromatic heterocycles. The lowest BCUT2D eigenvalue weighted by molar-refractivity contribution is 0.0848. The molecule has 2 aliphatic rings. The van der Waals surface area contributed by atoms with E-state index in [9.17, 15) is 0 Å². The molecule has 0 aliphatic carbocycles. The number of ether oxygens (including phenoxy) is 1. The Morgan fingerprint density at radius 3 is 2.89 bits per heavy atom. The Balaban J connectivity index is 1.72. The van der Waals surface area contributed by atoms with Crippen molar-refractivity contribution in [2.45, 2.75) is 58.6 Å². The number of nitrogens with zero attached hydrogens (tertiary/aromatic N) is 1. The van der Waals surface area contributed by atoms with Gasteiger partial charge in [-0.05, 0) is 57.5 Å². The molecule has 2 rings (SSSR count). The topological polar surface area (TPSA) is 24.5 Å². The van der Waals surface area contributed by atoms with Crippen molar-refractivity contribution in [3.05, 3.63) is 0 Å². The maximum atomic E-state index is 5.78. The third-order valence-electron chi connectivity index (χ3n) is 5.15. The fraction of sp³-hybridized carbons (Fsp3) is 1.00. The second-order valence-corrected chi connectivity index (χ2v) is 6.36. The number of likely N-dealkylation sites (tertiary alicyclic amines) is 1. The monoisotopic (exact) mass is 268 g/mol. The van der Waals surface area contributed by atoms with E-state index in [1.807, 2.05) is 0 Å². The van der Waals surface area contributed by atoms with Gasteiger partial charge >= 0.3 is 0 Å². The molecule has 0 saturated carbocycles. The minimum absolute atomic E-state index is 0.498. The highest BCUT2D eigenvalue weighted by Crippen LogP contribution is 2.24. The molecule has 19 heavy (non-hydrogen) atoms. The lowest BCUT2D eigenvalue weighted by atomic mass is 9.90. The van der Waals surface area contributed by atoms with E-state index in [1.54, 1.807) is 0 Å². The highest BCUT2D eigenvalue weighted by atomic mass is 16.5. The van der Waals surface area contributed by atoms with E-state index >= 15 is 0 Å². The van der Waals surface area contributed by atoms with Crippen molar-refractivity contribution in [2.75, 3.05) is 32.8 Å². The van der Waals surface area contributed by atoms with Crippen molar-refractivity contribution in [1.82, 2.24) is 10.2 Å². The molecule has 2 heterocycles. The third kappa shape index (κ3) is 4.17. The highest BCUT2D eigenvalue weighted by Gasteiger charge is 2.28. The van der Waals surface area contributed by atoms with Gasteiger partial charge in [0, 0.05) is 25.7 Å². The molecular formula is C16H32N2O. The summed E-state index contributed by atoms with van der Waals surface area (Å²) in [6, 6.07) is 0.646. The normalized spacial score (nSPS) is 34.6. The zero-order valence-electron chi connectivity index (χ0n) is 13.0. The lowest BCUT2D eigenvalue weighted by Gasteiger charge is -2.36. The Kier molecular flexibility index (Phi) is 6.11. The standard InChI is InChI=1S/C16H32N2O/c1-4-16-14(8-10-19-16)11-17-13(3)15-7-6-9-18(5-2)12-15/h13-17H,4-12H2,1-3H3. The summed E-state index contributed by atoms with van der Waals surface area (Å²) in [6.07, 6.45) is 5.66. The van der Waals surface area contributed by atoms with E-state index in [0.29, 0.717) is 12.1 Å². The average molecular weight is 268 g/mol. The molecule has 2 aliphatic heterocycles. The number of piperidine rings is 1. The minimum Gasteiger partial charge on any atom is -0.378 e. The zero-order chi connectivity index (χ0) is 13.7. The van der Waals surface area contributed by atoms with Gasteiger partial charge in [0.1, 0.15) is 0 Å². The van der Waals surface area contributed by atoms with Gasteiger partial charge in [0.15, 0.2) is 0 Å². The maximum absolute atomic E-state index is 5.78. The molecule has 3 nitrogen and oxygen atoms in total. The summed E-state index contributed by atoms with van der Waals surface area (Å²) in [5.74, 6) is 1.56. The van der Waals surface area contributed by atoms with Crippen LogP contribution in [0, 0.1) is 11.8 Å². The molecule has 2 fully saturated rings. The Morgan fingerprint density at radius 2 is 2.16 bits per heavy atom. The number of hydrogen-bond donors (Lipinski definition) is 1. The van der Waals surface area contributed by atoms with Crippen LogP contribution in [-0.4, -0.2) is 49.8 Å². The largest absolute Gasteiger partial charge is 0.378 e. The fourth-order valence-corrected chi connectivity index (χ4v) is 3.67. The molecule has 0 spiro atoms. The Hall–Kier alpha value is -0.120. The summed E-state index contributed by atoms with van der Waals surface area (Å²) in [4.78, 5) is 2.60. The second kappa shape index (κ2) is 7.61. The van der Waals surface area contributed by atoms with Crippen molar-refractivity contribution in [2.24, 2.45) is 11.8 Å². The van der Waals surface area contributed by atoms with E-state index in [0.717, 1.165) is 31.4 Å². The molecule has 0 radical (unpaired) electrons. The van der Waals surface area contributed by atoms with Gasteiger partial charge in [-0.25, -0.2) is 0 Å². The molecule has 0 amide bonds. The molecule has 112 valence electrons. The third-order valence-corrected chi connectivity index (χ3v) is 5.15. The number of rotatable bonds is 6. The molecule has 0 aromatic carbocycles. The highest BCUT2D eigenvalue weighted by molar-refractivity contribution is 4.83. The van der Waals surface area contributed by atoms with Gasteiger partial charge in [-0.15, -0.1) is 0 Å². The number of nitrogens with one attached hydrogen (secondary N) is 1. The fourth-order valence-electron chi connectivity index (χ4n) is 3.67. The predicted molar refractivity (Wildman–Crippen MR) is 80.4 cm³/mol. The molecule has 0 bridgehead atoms. The van der Waals surface area contributed by atoms with Gasteiger partial charge in [0.25, 0.3) is 0 Å². The van der Waals surface area contributed by atoms with Gasteiger partial charge in [0.05, 0.1) is 6.10 Å². The first-order valence-electron chi connectivity index (χ1n) is 8.31. The molecule has 1 N–H and O–H groups in total. The maximum Gasteiger partial charge on any atom is 0.0613 e. The summed E-state index contributed by atoms with van der Waals surface area (Å²) in [5, 5.41) is 3.80. The average Bonchev–Trinajstić information content (AvgIpc) is 2.92. The minimum atomic E-state index is 0.498. The first kappa shape index (κ1) is 15.3. The molecule has 3 heteroatoms. The summed E-state index contributed by atoms with van der Waals surface area (Å²) >= 11 is 0. The summed E-state index contributed by atoms with van der Waals surface area (Å²) < 4.78 is 5.78. The van der Waals surface area contributed by atoms with Crippen LogP contribution in [0.1, 0.15) is 46.5 Å². The predicted octanol–water partition coefficient (Wildman–Crippen LogP) is 2.51. The van der Waals surface area contributed by atoms with Crippen LogP contribution >= 0.6 is 0 Å². The van der Waals surface area contributed by atoms with Gasteiger partial charge < -0.3 is 15.0 Å². The Bertz CT molecular complexity index is 259. The SMILES string of the molecule is CCC1OCCC1CNC(C)C1CCCN(CC)C1. The first-order valence-corrected chi connectivity index (χ1v) is 8.31. The van der Waals surface area contributed by atoms with Gasteiger partial charge in [0.2, 0.25) is 0 Å². The second-order valence-electron chi connectivity index (χ2n) is 6.36. The molecule has 4 unspecified atom stereocenters. The smallest absolute Gasteiger partial charge is 0.0613 e. The lowest BCUT2D eigenvalue weighted by Crippen LogP contribution is -2.45.